The van der Waals surface area contributed by atoms with Gasteiger partial charge in [-0.1, -0.05) is 6.92 Å². The molecular weight excluding hydrogens is 342 g/mol. The molecule has 0 aromatic carbocycles. The van der Waals surface area contributed by atoms with E-state index in [0.717, 1.165) is 25.7 Å². The molecule has 2 fully saturated rings. The molecule has 1 N–H and O–H groups in total. The van der Waals surface area contributed by atoms with Crippen LogP contribution in [0, 0.1) is 5.92 Å². The van der Waals surface area contributed by atoms with Crippen LogP contribution in [-0.4, -0.2) is 54.0 Å². The molecule has 1 saturated heterocycles. The fraction of sp³-hybridized carbons (Fsp3) is 0.824. The van der Waals surface area contributed by atoms with Crippen molar-refractivity contribution >= 4 is 27.4 Å². The lowest BCUT2D eigenvalue weighted by molar-refractivity contribution is -0.133. The van der Waals surface area contributed by atoms with Crippen LogP contribution in [0.1, 0.15) is 58.8 Å². The number of amides is 2. The van der Waals surface area contributed by atoms with Gasteiger partial charge in [0.25, 0.3) is 5.91 Å². The Kier molecular flexibility index (Phi) is 4.92. The maximum atomic E-state index is 12.6. The molecule has 140 valence electrons. The normalized spacial score (nSPS) is 35.4. The van der Waals surface area contributed by atoms with Gasteiger partial charge in [0.2, 0.25) is 5.91 Å². The number of hydrazone groups is 1. The van der Waals surface area contributed by atoms with E-state index in [1.807, 2.05) is 0 Å². The molecule has 2 heterocycles. The zero-order chi connectivity index (χ0) is 18.2. The Hall–Kier alpha value is -1.44. The summed E-state index contributed by atoms with van der Waals surface area (Å²) in [5.41, 5.74) is 0.110. The third kappa shape index (κ3) is 4.22. The first-order valence-corrected chi connectivity index (χ1v) is 10.9. The van der Waals surface area contributed by atoms with Crippen molar-refractivity contribution in [3.63, 3.8) is 0 Å². The van der Waals surface area contributed by atoms with Crippen molar-refractivity contribution in [1.29, 1.82) is 0 Å². The highest BCUT2D eigenvalue weighted by atomic mass is 32.2. The lowest BCUT2D eigenvalue weighted by Gasteiger charge is -2.37. The lowest BCUT2D eigenvalue weighted by Crippen LogP contribution is -2.52. The smallest absolute Gasteiger partial charge is 0.267 e. The van der Waals surface area contributed by atoms with E-state index < -0.39 is 15.9 Å². The van der Waals surface area contributed by atoms with Gasteiger partial charge in [-0.2, -0.15) is 5.10 Å². The number of sulfone groups is 1. The highest BCUT2D eigenvalue weighted by Crippen LogP contribution is 2.31. The molecule has 1 unspecified atom stereocenters. The van der Waals surface area contributed by atoms with Crippen LogP contribution >= 0.6 is 0 Å². The molecule has 0 aromatic rings. The molecule has 0 spiro atoms. The largest absolute Gasteiger partial charge is 0.346 e. The van der Waals surface area contributed by atoms with Crippen LogP contribution in [0.2, 0.25) is 0 Å². The highest BCUT2D eigenvalue weighted by Gasteiger charge is 2.38. The fourth-order valence-corrected chi connectivity index (χ4v) is 5.55. The predicted molar refractivity (Wildman–Crippen MR) is 94.8 cm³/mol. The third-order valence-electron chi connectivity index (χ3n) is 5.67. The molecule has 1 atom stereocenters. The Morgan fingerprint density at radius 2 is 1.92 bits per heavy atom. The van der Waals surface area contributed by atoms with E-state index in [-0.39, 0.29) is 35.3 Å². The van der Waals surface area contributed by atoms with Crippen LogP contribution in [0.4, 0.5) is 0 Å². The van der Waals surface area contributed by atoms with Crippen LogP contribution in [0.3, 0.4) is 0 Å². The average Bonchev–Trinajstić information content (AvgIpc) is 2.90. The molecule has 2 amide bonds. The molecule has 8 heteroatoms. The Morgan fingerprint density at radius 3 is 2.52 bits per heavy atom. The first-order chi connectivity index (χ1) is 11.7. The molecular formula is C17H27N3O4S. The van der Waals surface area contributed by atoms with Gasteiger partial charge < -0.3 is 5.32 Å². The van der Waals surface area contributed by atoms with Crippen LogP contribution < -0.4 is 5.32 Å². The minimum atomic E-state index is -3.11. The first kappa shape index (κ1) is 18.4. The number of hydrogen-bond acceptors (Lipinski definition) is 5. The summed E-state index contributed by atoms with van der Waals surface area (Å²) in [6, 6.07) is -0.438. The van der Waals surface area contributed by atoms with Crippen LogP contribution in [-0.2, 0) is 19.4 Å². The molecule has 25 heavy (non-hydrogen) atoms. The Morgan fingerprint density at radius 1 is 1.24 bits per heavy atom. The van der Waals surface area contributed by atoms with Crippen LogP contribution in [0.5, 0.6) is 0 Å². The topological polar surface area (TPSA) is 95.9 Å². The van der Waals surface area contributed by atoms with Gasteiger partial charge in [-0.25, -0.2) is 13.4 Å². The van der Waals surface area contributed by atoms with Crippen molar-refractivity contribution in [2.24, 2.45) is 11.0 Å². The minimum Gasteiger partial charge on any atom is -0.346 e. The summed E-state index contributed by atoms with van der Waals surface area (Å²) in [6.07, 6.45) is 4.97. The van der Waals surface area contributed by atoms with Crippen LogP contribution in [0.15, 0.2) is 5.10 Å². The SMILES string of the molecule is CC1CCC(C)(NC(=O)C2=NN(C3CCS(=O)(=O)C3)C(=O)CC2)CC1. The Bertz CT molecular complexity index is 693. The number of hydrogen-bond donors (Lipinski definition) is 1. The van der Waals surface area contributed by atoms with Crippen LogP contribution in [0.25, 0.3) is 0 Å². The summed E-state index contributed by atoms with van der Waals surface area (Å²) in [4.78, 5) is 24.8. The summed E-state index contributed by atoms with van der Waals surface area (Å²) in [5.74, 6) is 0.280. The van der Waals surface area contributed by atoms with Crippen molar-refractivity contribution in [2.45, 2.75) is 70.4 Å². The molecule has 1 aliphatic carbocycles. The Labute approximate surface area is 149 Å². The Balaban J connectivity index is 1.69. The van der Waals surface area contributed by atoms with Gasteiger partial charge in [0.15, 0.2) is 9.84 Å². The highest BCUT2D eigenvalue weighted by molar-refractivity contribution is 7.91. The van der Waals surface area contributed by atoms with Gasteiger partial charge in [-0.05, 0) is 44.9 Å². The maximum absolute atomic E-state index is 12.6. The quantitative estimate of drug-likeness (QED) is 0.809. The van der Waals surface area contributed by atoms with Gasteiger partial charge >= 0.3 is 0 Å². The molecule has 0 radical (unpaired) electrons. The molecule has 0 aromatic heterocycles. The van der Waals surface area contributed by atoms with Gasteiger partial charge in [0.05, 0.1) is 17.5 Å². The van der Waals surface area contributed by atoms with E-state index in [2.05, 4.69) is 24.3 Å². The van der Waals surface area contributed by atoms with Gasteiger partial charge in [-0.3, -0.25) is 9.59 Å². The summed E-state index contributed by atoms with van der Waals surface area (Å²) < 4.78 is 23.3. The monoisotopic (exact) mass is 369 g/mol. The summed E-state index contributed by atoms with van der Waals surface area (Å²) in [7, 11) is -3.11. The number of nitrogens with zero attached hydrogens (tertiary/aromatic N) is 2. The van der Waals surface area contributed by atoms with E-state index in [1.165, 1.54) is 5.01 Å². The number of carbonyl (C=O) groups excluding carboxylic acids is 2. The van der Waals surface area contributed by atoms with Crippen molar-refractivity contribution in [3.05, 3.63) is 0 Å². The lowest BCUT2D eigenvalue weighted by atomic mass is 9.78. The molecule has 3 aliphatic rings. The van der Waals surface area contributed by atoms with E-state index >= 15 is 0 Å². The zero-order valence-electron chi connectivity index (χ0n) is 15.0. The molecule has 2 aliphatic heterocycles. The summed E-state index contributed by atoms with van der Waals surface area (Å²) in [6.45, 7) is 4.29. The maximum Gasteiger partial charge on any atom is 0.267 e. The van der Waals surface area contributed by atoms with E-state index in [1.54, 1.807) is 0 Å². The molecule has 1 saturated carbocycles. The minimum absolute atomic E-state index is 0.0628. The molecule has 0 bridgehead atoms. The molecule has 7 nitrogen and oxygen atoms in total. The second kappa shape index (κ2) is 6.70. The van der Waals surface area contributed by atoms with Gasteiger partial charge in [0, 0.05) is 18.4 Å². The van der Waals surface area contributed by atoms with Crippen molar-refractivity contribution in [1.82, 2.24) is 10.3 Å². The van der Waals surface area contributed by atoms with Gasteiger partial charge in [-0.15, -0.1) is 0 Å². The van der Waals surface area contributed by atoms with Crippen molar-refractivity contribution < 1.29 is 18.0 Å². The molecule has 3 rings (SSSR count). The van der Waals surface area contributed by atoms with E-state index in [4.69, 9.17) is 0 Å². The predicted octanol–water partition coefficient (Wildman–Crippen LogP) is 1.24. The second-order valence-corrected chi connectivity index (χ2v) is 10.3. The number of rotatable bonds is 3. The second-order valence-electron chi connectivity index (χ2n) is 8.04. The van der Waals surface area contributed by atoms with Crippen molar-refractivity contribution in [3.8, 4) is 0 Å². The number of carbonyl (C=O) groups is 2. The van der Waals surface area contributed by atoms with E-state index in [0.29, 0.717) is 24.5 Å². The van der Waals surface area contributed by atoms with Gasteiger partial charge in [0.1, 0.15) is 5.71 Å². The third-order valence-corrected chi connectivity index (χ3v) is 7.42. The average molecular weight is 369 g/mol. The first-order valence-electron chi connectivity index (χ1n) is 9.10. The number of nitrogens with one attached hydrogen (secondary N) is 1. The van der Waals surface area contributed by atoms with Crippen molar-refractivity contribution in [2.75, 3.05) is 11.5 Å². The van der Waals surface area contributed by atoms with E-state index in [9.17, 15) is 18.0 Å². The standard InChI is InChI=1S/C17H27N3O4S/c1-12-5-8-17(2,9-6-12)18-16(22)14-3-4-15(21)20(19-14)13-7-10-25(23,24)11-13/h12-13H,3-11H2,1-2H3,(H,18,22). The summed E-state index contributed by atoms with van der Waals surface area (Å²) >= 11 is 0. The summed E-state index contributed by atoms with van der Waals surface area (Å²) in [5, 5.41) is 8.59. The zero-order valence-corrected chi connectivity index (χ0v) is 15.8. The fourth-order valence-electron chi connectivity index (χ4n) is 3.86.